The smallest absolute Gasteiger partial charge is 0.449 e. The van der Waals surface area contributed by atoms with Gasteiger partial charge in [0.25, 0.3) is 0 Å². The molecule has 0 heterocycles. The molecule has 1 aliphatic carbocycles. The third-order valence-corrected chi connectivity index (χ3v) is 2.99. The maximum atomic E-state index is 12.3. The molecule has 0 spiro atoms. The molecule has 0 aliphatic heterocycles. The van der Waals surface area contributed by atoms with Crippen molar-refractivity contribution in [2.75, 3.05) is 0 Å². The quantitative estimate of drug-likeness (QED) is 0.571. The number of rotatable bonds is 2. The monoisotopic (exact) mass is 292 g/mol. The predicted molar refractivity (Wildman–Crippen MR) is 51.6 cm³/mol. The molecule has 0 bridgehead atoms. The van der Waals surface area contributed by atoms with E-state index in [1.54, 1.807) is 0 Å². The van der Waals surface area contributed by atoms with Gasteiger partial charge in [0.15, 0.2) is 0 Å². The number of alkyl halides is 3. The van der Waals surface area contributed by atoms with E-state index in [1.807, 2.05) is 0 Å². The van der Waals surface area contributed by atoms with E-state index in [1.165, 1.54) is 0 Å². The Balaban J connectivity index is 0.00000162. The Hall–Kier alpha value is 0.501. The van der Waals surface area contributed by atoms with Gasteiger partial charge in [-0.15, -0.1) is 0 Å². The largest absolute Gasteiger partial charge is 1.00 e. The third kappa shape index (κ3) is 3.75. The van der Waals surface area contributed by atoms with E-state index in [0.717, 1.165) is 24.3 Å². The van der Waals surface area contributed by atoms with Gasteiger partial charge in [0.1, 0.15) is 0 Å². The molecule has 1 aromatic rings. The molecule has 0 radical (unpaired) electrons. The second-order valence-electron chi connectivity index (χ2n) is 4.25. The van der Waals surface area contributed by atoms with E-state index in [2.05, 4.69) is 0 Å². The summed E-state index contributed by atoms with van der Waals surface area (Å²) in [6.07, 6.45) is -4.45. The molecular formula is C10H8BF6K. The first-order valence-corrected chi connectivity index (χ1v) is 5.06. The average Bonchev–Trinajstić information content (AvgIpc) is 2.95. The van der Waals surface area contributed by atoms with E-state index in [4.69, 9.17) is 0 Å². The van der Waals surface area contributed by atoms with E-state index in [0.29, 0.717) is 5.56 Å². The van der Waals surface area contributed by atoms with Crippen molar-refractivity contribution in [2.45, 2.75) is 24.3 Å². The minimum Gasteiger partial charge on any atom is -0.449 e. The van der Waals surface area contributed by atoms with Crippen LogP contribution in [0.2, 0.25) is 5.82 Å². The minimum absolute atomic E-state index is 0. The summed E-state index contributed by atoms with van der Waals surface area (Å²) in [4.78, 5) is 0. The maximum Gasteiger partial charge on any atom is 1.00 e. The van der Waals surface area contributed by atoms with E-state index >= 15 is 0 Å². The zero-order valence-electron chi connectivity index (χ0n) is 9.52. The molecule has 1 aliphatic rings. The summed E-state index contributed by atoms with van der Waals surface area (Å²) in [5.41, 5.74) is -0.502. The van der Waals surface area contributed by atoms with Gasteiger partial charge in [0.05, 0.1) is 5.56 Å². The minimum atomic E-state index is -4.88. The van der Waals surface area contributed by atoms with Crippen LogP contribution in [0.1, 0.15) is 23.5 Å². The van der Waals surface area contributed by atoms with Gasteiger partial charge in [0, 0.05) is 0 Å². The van der Waals surface area contributed by atoms with Crippen molar-refractivity contribution in [1.29, 1.82) is 0 Å². The predicted octanol–water partition coefficient (Wildman–Crippen LogP) is 1.41. The maximum absolute atomic E-state index is 12.3. The van der Waals surface area contributed by atoms with Crippen LogP contribution < -0.4 is 51.4 Å². The van der Waals surface area contributed by atoms with Crippen molar-refractivity contribution < 1.29 is 77.5 Å². The topological polar surface area (TPSA) is 0 Å². The summed E-state index contributed by atoms with van der Waals surface area (Å²) in [7, 11) is 0. The SMILES string of the molecule is F[B-](F)(F)C1C[C@@H]1c1ccc(C(F)(F)F)cc1.[K+]. The Morgan fingerprint density at radius 2 is 1.50 bits per heavy atom. The first kappa shape index (κ1) is 16.6. The van der Waals surface area contributed by atoms with Gasteiger partial charge in [0.2, 0.25) is 0 Å². The summed E-state index contributed by atoms with van der Waals surface area (Å²) >= 11 is 0. The van der Waals surface area contributed by atoms with E-state index in [9.17, 15) is 26.1 Å². The number of hydrogen-bond donors (Lipinski definition) is 0. The van der Waals surface area contributed by atoms with Gasteiger partial charge in [-0.05, 0) is 23.6 Å². The van der Waals surface area contributed by atoms with Crippen LogP contribution >= 0.6 is 0 Å². The second-order valence-corrected chi connectivity index (χ2v) is 4.25. The standard InChI is InChI=1S/C10H8BF6.K/c12-10(13,14)7-3-1-6(2-4-7)8-5-9(8)11(15,16)17;/h1-4,8-9H,5H2;/q-1;+1/t8-,9?;/m1./s1. The third-order valence-electron chi connectivity index (χ3n) is 2.99. The molecule has 1 saturated carbocycles. The fourth-order valence-electron chi connectivity index (χ4n) is 1.93. The molecule has 2 atom stereocenters. The molecule has 94 valence electrons. The van der Waals surface area contributed by atoms with E-state index < -0.39 is 30.5 Å². The van der Waals surface area contributed by atoms with Crippen molar-refractivity contribution in [2.24, 2.45) is 0 Å². The fraction of sp³-hybridized carbons (Fsp3) is 0.400. The summed E-state index contributed by atoms with van der Waals surface area (Å²) in [5.74, 6) is -2.00. The fourth-order valence-corrected chi connectivity index (χ4v) is 1.93. The van der Waals surface area contributed by atoms with Crippen LogP contribution in [0.4, 0.5) is 26.1 Å². The van der Waals surface area contributed by atoms with Crippen LogP contribution in [0.25, 0.3) is 0 Å². The summed E-state index contributed by atoms with van der Waals surface area (Å²) in [6, 6.07) is 3.92. The van der Waals surface area contributed by atoms with Crippen molar-refractivity contribution in [3.8, 4) is 0 Å². The Bertz CT molecular complexity index is 410. The summed E-state index contributed by atoms with van der Waals surface area (Å²) in [5, 5.41) is 0. The van der Waals surface area contributed by atoms with Crippen molar-refractivity contribution in [1.82, 2.24) is 0 Å². The Morgan fingerprint density at radius 3 is 1.83 bits per heavy atom. The van der Waals surface area contributed by atoms with Gasteiger partial charge in [-0.2, -0.15) is 13.2 Å². The number of hydrogen-bond acceptors (Lipinski definition) is 0. The number of benzene rings is 1. The van der Waals surface area contributed by atoms with Gasteiger partial charge >= 0.3 is 64.5 Å². The summed E-state index contributed by atoms with van der Waals surface area (Å²) in [6.45, 7) is -4.88. The zero-order valence-corrected chi connectivity index (χ0v) is 12.6. The average molecular weight is 292 g/mol. The molecule has 0 nitrogen and oxygen atoms in total. The summed E-state index contributed by atoms with van der Waals surface area (Å²) < 4.78 is 73.7. The normalized spacial score (nSPS) is 23.4. The molecule has 1 aromatic carbocycles. The molecule has 0 amide bonds. The molecule has 1 fully saturated rings. The Labute approximate surface area is 143 Å². The van der Waals surface area contributed by atoms with Crippen LogP contribution in [-0.4, -0.2) is 6.98 Å². The van der Waals surface area contributed by atoms with Gasteiger partial charge < -0.3 is 12.9 Å². The van der Waals surface area contributed by atoms with Crippen molar-refractivity contribution in [3.05, 3.63) is 35.4 Å². The molecule has 0 aromatic heterocycles. The molecule has 0 N–H and O–H groups in total. The number of halogens is 6. The van der Waals surface area contributed by atoms with Crippen LogP contribution in [0.3, 0.4) is 0 Å². The van der Waals surface area contributed by atoms with Gasteiger partial charge in [-0.1, -0.05) is 24.4 Å². The molecule has 1 unspecified atom stereocenters. The Kier molecular flexibility index (Phi) is 5.04. The van der Waals surface area contributed by atoms with Gasteiger partial charge in [-0.3, -0.25) is 0 Å². The molecule has 8 heteroatoms. The van der Waals surface area contributed by atoms with Crippen LogP contribution in [0.15, 0.2) is 24.3 Å². The molecule has 2 rings (SSSR count). The van der Waals surface area contributed by atoms with Crippen LogP contribution in [0.5, 0.6) is 0 Å². The van der Waals surface area contributed by atoms with Crippen molar-refractivity contribution in [3.63, 3.8) is 0 Å². The Morgan fingerprint density at radius 1 is 1.00 bits per heavy atom. The zero-order chi connectivity index (χ0) is 12.8. The molecule has 18 heavy (non-hydrogen) atoms. The van der Waals surface area contributed by atoms with Crippen LogP contribution in [0, 0.1) is 0 Å². The first-order chi connectivity index (χ1) is 7.69. The van der Waals surface area contributed by atoms with Crippen molar-refractivity contribution >= 4 is 6.98 Å². The van der Waals surface area contributed by atoms with E-state index in [-0.39, 0.29) is 57.8 Å². The molecular weight excluding hydrogens is 284 g/mol. The second kappa shape index (κ2) is 5.48. The molecule has 0 saturated heterocycles. The van der Waals surface area contributed by atoms with Gasteiger partial charge in [-0.25, -0.2) is 0 Å². The van der Waals surface area contributed by atoms with Crippen LogP contribution in [-0.2, 0) is 6.18 Å². The first-order valence-electron chi connectivity index (χ1n) is 5.06.